The van der Waals surface area contributed by atoms with Gasteiger partial charge in [0.2, 0.25) is 0 Å². The molecule has 0 bridgehead atoms. The summed E-state index contributed by atoms with van der Waals surface area (Å²) >= 11 is 0. The van der Waals surface area contributed by atoms with E-state index in [0.717, 1.165) is 24.3 Å². The Labute approximate surface area is 190 Å². The summed E-state index contributed by atoms with van der Waals surface area (Å²) in [6.07, 6.45) is 0. The van der Waals surface area contributed by atoms with Crippen LogP contribution in [-0.2, 0) is 19.6 Å². The molecule has 0 heterocycles. The molecule has 0 aliphatic carbocycles. The zero-order valence-electron chi connectivity index (χ0n) is 17.6. The van der Waals surface area contributed by atoms with Crippen LogP contribution in [0.2, 0.25) is 0 Å². The van der Waals surface area contributed by atoms with E-state index in [9.17, 15) is 22.4 Å². The fourth-order valence-electron chi connectivity index (χ4n) is 2.73. The van der Waals surface area contributed by atoms with Crippen LogP contribution in [0.5, 0.6) is 5.75 Å². The number of hydrogen-bond acceptors (Lipinski definition) is 6. The lowest BCUT2D eigenvalue weighted by atomic mass is 10.2. The first-order valence-electron chi connectivity index (χ1n) is 9.85. The number of nitrogens with one attached hydrogen (secondary N) is 2. The topological polar surface area (TPSA) is 111 Å². The van der Waals surface area contributed by atoms with Gasteiger partial charge in [0, 0.05) is 23.0 Å². The second-order valence-electron chi connectivity index (χ2n) is 6.71. The predicted molar refractivity (Wildman–Crippen MR) is 120 cm³/mol. The molecule has 3 aromatic carbocycles. The zero-order valence-corrected chi connectivity index (χ0v) is 18.4. The second kappa shape index (κ2) is 10.6. The van der Waals surface area contributed by atoms with Gasteiger partial charge in [0.25, 0.3) is 15.9 Å². The van der Waals surface area contributed by atoms with E-state index in [1.54, 1.807) is 31.2 Å². The molecule has 0 aliphatic rings. The molecular weight excluding hydrogens is 451 g/mol. The third-order valence-corrected chi connectivity index (χ3v) is 5.67. The van der Waals surface area contributed by atoms with Crippen LogP contribution in [0.15, 0.2) is 77.7 Å². The summed E-state index contributed by atoms with van der Waals surface area (Å²) < 4.78 is 50.3. The maximum atomic E-state index is 13.0. The molecule has 0 spiro atoms. The lowest BCUT2D eigenvalue weighted by molar-refractivity contribution is -0.145. The molecule has 33 heavy (non-hydrogen) atoms. The van der Waals surface area contributed by atoms with Crippen molar-refractivity contribution >= 4 is 33.3 Å². The van der Waals surface area contributed by atoms with E-state index in [4.69, 9.17) is 9.47 Å². The lowest BCUT2D eigenvalue weighted by Gasteiger charge is -2.10. The minimum atomic E-state index is -3.90. The Morgan fingerprint density at radius 3 is 2.30 bits per heavy atom. The van der Waals surface area contributed by atoms with Gasteiger partial charge in [-0.15, -0.1) is 0 Å². The Morgan fingerprint density at radius 1 is 0.939 bits per heavy atom. The van der Waals surface area contributed by atoms with Crippen LogP contribution in [0.25, 0.3) is 0 Å². The second-order valence-corrected chi connectivity index (χ2v) is 8.39. The minimum Gasteiger partial charge on any atom is -0.482 e. The van der Waals surface area contributed by atoms with E-state index in [2.05, 4.69) is 10.0 Å². The Bertz CT molecular complexity index is 1230. The average Bonchev–Trinajstić information content (AvgIpc) is 2.79. The number of hydrogen-bond donors (Lipinski definition) is 2. The van der Waals surface area contributed by atoms with Crippen molar-refractivity contribution in [3.05, 3.63) is 84.2 Å². The molecule has 0 radical (unpaired) electrons. The van der Waals surface area contributed by atoms with Gasteiger partial charge in [-0.05, 0) is 67.6 Å². The third kappa shape index (κ3) is 6.78. The molecule has 0 saturated carbocycles. The molecule has 0 fully saturated rings. The van der Waals surface area contributed by atoms with Crippen molar-refractivity contribution in [2.24, 2.45) is 0 Å². The molecule has 0 atom stereocenters. The Hall–Kier alpha value is -3.92. The van der Waals surface area contributed by atoms with Gasteiger partial charge in [0.1, 0.15) is 11.6 Å². The summed E-state index contributed by atoms with van der Waals surface area (Å²) in [4.78, 5) is 23.8. The number of ether oxygens (including phenoxy) is 2. The first-order valence-corrected chi connectivity index (χ1v) is 11.3. The van der Waals surface area contributed by atoms with E-state index in [0.29, 0.717) is 11.4 Å². The molecule has 2 N–H and O–H groups in total. The highest BCUT2D eigenvalue weighted by atomic mass is 32.2. The van der Waals surface area contributed by atoms with Gasteiger partial charge in [-0.3, -0.25) is 9.52 Å². The number of amides is 1. The van der Waals surface area contributed by atoms with Crippen molar-refractivity contribution in [3.8, 4) is 5.75 Å². The summed E-state index contributed by atoms with van der Waals surface area (Å²) in [5.41, 5.74) is 0.977. The average molecular weight is 472 g/mol. The molecule has 8 nitrogen and oxygen atoms in total. The molecule has 0 aromatic heterocycles. The highest BCUT2D eigenvalue weighted by Gasteiger charge is 2.15. The molecule has 0 unspecified atom stereocenters. The standard InChI is InChI=1S/C23H21FN2O6S/c1-2-31-22(27)15-32-20-5-3-4-19(14-20)25-23(28)16-6-10-18(11-7-16)26-33(29,30)21-12-8-17(24)9-13-21/h3-14,26H,2,15H2,1H3,(H,25,28). The van der Waals surface area contributed by atoms with Gasteiger partial charge >= 0.3 is 5.97 Å². The van der Waals surface area contributed by atoms with Crippen LogP contribution in [0.3, 0.4) is 0 Å². The number of sulfonamides is 1. The lowest BCUT2D eigenvalue weighted by Crippen LogP contribution is -2.15. The van der Waals surface area contributed by atoms with E-state index < -0.39 is 27.7 Å². The van der Waals surface area contributed by atoms with Crippen LogP contribution in [0.4, 0.5) is 15.8 Å². The number of halogens is 1. The molecule has 3 rings (SSSR count). The number of carbonyl (C=O) groups excluding carboxylic acids is 2. The minimum absolute atomic E-state index is 0.0872. The highest BCUT2D eigenvalue weighted by molar-refractivity contribution is 7.92. The molecule has 10 heteroatoms. The largest absolute Gasteiger partial charge is 0.482 e. The van der Waals surface area contributed by atoms with Crippen LogP contribution >= 0.6 is 0 Å². The number of anilines is 2. The number of benzene rings is 3. The van der Waals surface area contributed by atoms with Gasteiger partial charge in [-0.25, -0.2) is 17.6 Å². The van der Waals surface area contributed by atoms with Gasteiger partial charge < -0.3 is 14.8 Å². The van der Waals surface area contributed by atoms with Crippen molar-refractivity contribution in [1.82, 2.24) is 0 Å². The molecule has 172 valence electrons. The van der Waals surface area contributed by atoms with E-state index in [1.807, 2.05) is 0 Å². The summed E-state index contributed by atoms with van der Waals surface area (Å²) in [5.74, 6) is -1.08. The molecule has 3 aromatic rings. The van der Waals surface area contributed by atoms with E-state index in [-0.39, 0.29) is 29.4 Å². The Kier molecular flexibility index (Phi) is 7.62. The highest BCUT2D eigenvalue weighted by Crippen LogP contribution is 2.20. The van der Waals surface area contributed by atoms with Gasteiger partial charge in [-0.2, -0.15) is 0 Å². The van der Waals surface area contributed by atoms with Gasteiger partial charge in [0.15, 0.2) is 6.61 Å². The molecule has 0 saturated heterocycles. The van der Waals surface area contributed by atoms with E-state index in [1.165, 1.54) is 24.3 Å². The maximum Gasteiger partial charge on any atom is 0.344 e. The predicted octanol–water partition coefficient (Wildman–Crippen LogP) is 3.82. The quantitative estimate of drug-likeness (QED) is 0.458. The third-order valence-electron chi connectivity index (χ3n) is 4.28. The van der Waals surface area contributed by atoms with Crippen LogP contribution in [0.1, 0.15) is 17.3 Å². The smallest absolute Gasteiger partial charge is 0.344 e. The number of esters is 1. The fraction of sp³-hybridized carbons (Fsp3) is 0.130. The summed E-state index contributed by atoms with van der Waals surface area (Å²) in [6.45, 7) is 1.70. The SMILES string of the molecule is CCOC(=O)COc1cccc(NC(=O)c2ccc(NS(=O)(=O)c3ccc(F)cc3)cc2)c1. The van der Waals surface area contributed by atoms with Crippen LogP contribution in [-0.4, -0.2) is 33.5 Å². The van der Waals surface area contributed by atoms with E-state index >= 15 is 0 Å². The number of rotatable bonds is 9. The van der Waals surface area contributed by atoms with Crippen LogP contribution in [0, 0.1) is 5.82 Å². The normalized spacial score (nSPS) is 10.8. The first kappa shape index (κ1) is 23.7. The van der Waals surface area contributed by atoms with Crippen molar-refractivity contribution in [2.45, 2.75) is 11.8 Å². The maximum absolute atomic E-state index is 13.0. The van der Waals surface area contributed by atoms with Crippen molar-refractivity contribution in [1.29, 1.82) is 0 Å². The van der Waals surface area contributed by atoms with Crippen molar-refractivity contribution in [2.75, 3.05) is 23.3 Å². The van der Waals surface area contributed by atoms with Gasteiger partial charge in [0.05, 0.1) is 11.5 Å². The zero-order chi connectivity index (χ0) is 23.8. The van der Waals surface area contributed by atoms with Crippen molar-refractivity contribution in [3.63, 3.8) is 0 Å². The molecule has 0 aliphatic heterocycles. The summed E-state index contributed by atoms with van der Waals surface area (Å²) in [7, 11) is -3.90. The Balaban J connectivity index is 1.62. The molecular formula is C23H21FN2O6S. The van der Waals surface area contributed by atoms with Crippen LogP contribution < -0.4 is 14.8 Å². The summed E-state index contributed by atoms with van der Waals surface area (Å²) in [5, 5.41) is 2.70. The Morgan fingerprint density at radius 2 is 1.64 bits per heavy atom. The van der Waals surface area contributed by atoms with Crippen molar-refractivity contribution < 1.29 is 31.9 Å². The first-order chi connectivity index (χ1) is 15.8. The fourth-order valence-corrected chi connectivity index (χ4v) is 3.79. The van der Waals surface area contributed by atoms with Gasteiger partial charge in [-0.1, -0.05) is 6.07 Å². The summed E-state index contributed by atoms with van der Waals surface area (Å²) in [6, 6.07) is 16.7. The monoisotopic (exact) mass is 472 g/mol. The number of carbonyl (C=O) groups is 2. The molecule has 1 amide bonds.